The molecule has 2 aliphatic heterocycles. The summed E-state index contributed by atoms with van der Waals surface area (Å²) >= 11 is 0. The molecule has 1 aromatic carbocycles. The molecule has 2 heterocycles. The summed E-state index contributed by atoms with van der Waals surface area (Å²) < 4.78 is 5.84. The zero-order chi connectivity index (χ0) is 11.7. The molecule has 2 aliphatic rings. The molecule has 3 rings (SSSR count). The van der Waals surface area contributed by atoms with Gasteiger partial charge in [-0.1, -0.05) is 30.3 Å². The van der Waals surface area contributed by atoms with E-state index in [1.807, 2.05) is 6.07 Å². The van der Waals surface area contributed by atoms with Gasteiger partial charge in [0.25, 0.3) is 6.17 Å². The average Bonchev–Trinajstić information content (AvgIpc) is 2.83. The minimum Gasteiger partial charge on any atom is -0.361 e. The fourth-order valence-electron chi connectivity index (χ4n) is 2.91. The minimum absolute atomic E-state index is 0.00135. The third kappa shape index (κ3) is 1.84. The first-order valence-electron chi connectivity index (χ1n) is 6.20. The fourth-order valence-corrected chi connectivity index (χ4v) is 2.91. The van der Waals surface area contributed by atoms with E-state index in [1.165, 1.54) is 5.56 Å². The summed E-state index contributed by atoms with van der Waals surface area (Å²) in [6.45, 7) is 8.05. The molecule has 1 aromatic rings. The number of hydrogen-bond donors (Lipinski definition) is 0. The molecule has 3 atom stereocenters. The Hall–Kier alpha value is -1.37. The smallest absolute Gasteiger partial charge is 0.282 e. The van der Waals surface area contributed by atoms with Crippen LogP contribution in [0, 0.1) is 6.57 Å². The van der Waals surface area contributed by atoms with Crippen LogP contribution in [0.5, 0.6) is 0 Å². The molecular formula is C14H16N2O. The average molecular weight is 228 g/mol. The Morgan fingerprint density at radius 3 is 2.82 bits per heavy atom. The van der Waals surface area contributed by atoms with Gasteiger partial charge in [-0.05, 0) is 18.4 Å². The molecule has 0 saturated carbocycles. The van der Waals surface area contributed by atoms with Crippen LogP contribution in [0.4, 0.5) is 0 Å². The summed E-state index contributed by atoms with van der Waals surface area (Å²) in [7, 11) is 0. The van der Waals surface area contributed by atoms with Crippen LogP contribution in [-0.4, -0.2) is 23.9 Å². The molecule has 1 unspecified atom stereocenters. The lowest BCUT2D eigenvalue weighted by atomic mass is 10.0. The van der Waals surface area contributed by atoms with Crippen LogP contribution < -0.4 is 0 Å². The monoisotopic (exact) mass is 228 g/mol. The van der Waals surface area contributed by atoms with Gasteiger partial charge in [-0.15, -0.1) is 0 Å². The van der Waals surface area contributed by atoms with Crippen molar-refractivity contribution in [3.8, 4) is 0 Å². The molecule has 3 nitrogen and oxygen atoms in total. The lowest BCUT2D eigenvalue weighted by Gasteiger charge is -2.32. The molecule has 0 spiro atoms. The zero-order valence-electron chi connectivity index (χ0n) is 9.75. The highest BCUT2D eigenvalue weighted by atomic mass is 16.5. The zero-order valence-corrected chi connectivity index (χ0v) is 9.75. The Balaban J connectivity index is 1.89. The van der Waals surface area contributed by atoms with E-state index in [0.717, 1.165) is 25.9 Å². The maximum absolute atomic E-state index is 7.33. The molecule has 2 fully saturated rings. The summed E-state index contributed by atoms with van der Waals surface area (Å²) in [5.41, 5.74) is 1.27. The summed E-state index contributed by atoms with van der Waals surface area (Å²) in [6.07, 6.45) is 3.31. The summed E-state index contributed by atoms with van der Waals surface area (Å²) in [6, 6.07) is 10.7. The van der Waals surface area contributed by atoms with Crippen molar-refractivity contribution in [3.05, 3.63) is 47.3 Å². The van der Waals surface area contributed by atoms with Gasteiger partial charge < -0.3 is 4.74 Å². The molecule has 88 valence electrons. The van der Waals surface area contributed by atoms with Crippen molar-refractivity contribution in [1.82, 2.24) is 4.90 Å². The molecule has 0 radical (unpaired) electrons. The van der Waals surface area contributed by atoms with Gasteiger partial charge in [0.15, 0.2) is 0 Å². The number of rotatable bonds is 1. The first kappa shape index (κ1) is 10.8. The van der Waals surface area contributed by atoms with Gasteiger partial charge in [0.2, 0.25) is 0 Å². The molecular weight excluding hydrogens is 212 g/mol. The van der Waals surface area contributed by atoms with Crippen molar-refractivity contribution in [2.75, 3.05) is 6.61 Å². The Kier molecular flexibility index (Phi) is 2.84. The summed E-state index contributed by atoms with van der Waals surface area (Å²) in [5, 5.41) is 0. The SMILES string of the molecule is [C-]#[N+][C@H]1CCCC2OC[C@H](c3ccccc3)N21. The first-order chi connectivity index (χ1) is 8.40. The van der Waals surface area contributed by atoms with E-state index in [4.69, 9.17) is 11.3 Å². The largest absolute Gasteiger partial charge is 0.361 e. The van der Waals surface area contributed by atoms with Crippen molar-refractivity contribution >= 4 is 0 Å². The van der Waals surface area contributed by atoms with Crippen molar-refractivity contribution in [2.24, 2.45) is 0 Å². The molecule has 0 aromatic heterocycles. The molecule has 3 heteroatoms. The van der Waals surface area contributed by atoms with Crippen molar-refractivity contribution < 1.29 is 4.74 Å². The highest BCUT2D eigenvalue weighted by Crippen LogP contribution is 2.38. The fraction of sp³-hybridized carbons (Fsp3) is 0.500. The van der Waals surface area contributed by atoms with Crippen LogP contribution >= 0.6 is 0 Å². The number of fused-ring (bicyclic) bond motifs is 1. The number of benzene rings is 1. The van der Waals surface area contributed by atoms with E-state index in [9.17, 15) is 0 Å². The van der Waals surface area contributed by atoms with Gasteiger partial charge in [0.05, 0.1) is 12.6 Å². The summed E-state index contributed by atoms with van der Waals surface area (Å²) in [5.74, 6) is 0. The normalized spacial score (nSPS) is 33.0. The third-order valence-corrected chi connectivity index (χ3v) is 3.73. The molecule has 2 saturated heterocycles. The molecule has 0 amide bonds. The second-order valence-electron chi connectivity index (χ2n) is 4.70. The van der Waals surface area contributed by atoms with Crippen LogP contribution in [0.2, 0.25) is 0 Å². The molecule has 0 aliphatic carbocycles. The third-order valence-electron chi connectivity index (χ3n) is 3.73. The molecule has 0 bridgehead atoms. The second kappa shape index (κ2) is 4.48. The van der Waals surface area contributed by atoms with E-state index in [2.05, 4.69) is 34.0 Å². The van der Waals surface area contributed by atoms with Crippen LogP contribution in [0.3, 0.4) is 0 Å². The Morgan fingerprint density at radius 1 is 1.24 bits per heavy atom. The lowest BCUT2D eigenvalue weighted by Crippen LogP contribution is -2.42. The van der Waals surface area contributed by atoms with E-state index in [-0.39, 0.29) is 18.4 Å². The topological polar surface area (TPSA) is 16.8 Å². The van der Waals surface area contributed by atoms with E-state index >= 15 is 0 Å². The van der Waals surface area contributed by atoms with E-state index < -0.39 is 0 Å². The highest BCUT2D eigenvalue weighted by Gasteiger charge is 2.45. The van der Waals surface area contributed by atoms with Crippen molar-refractivity contribution in [3.63, 3.8) is 0 Å². The summed E-state index contributed by atoms with van der Waals surface area (Å²) in [4.78, 5) is 6.03. The van der Waals surface area contributed by atoms with E-state index in [1.54, 1.807) is 0 Å². The first-order valence-corrected chi connectivity index (χ1v) is 6.20. The number of piperidine rings is 1. The van der Waals surface area contributed by atoms with Gasteiger partial charge in [-0.2, -0.15) is 4.90 Å². The Labute approximate surface area is 102 Å². The second-order valence-corrected chi connectivity index (χ2v) is 4.70. The molecule has 0 N–H and O–H groups in total. The predicted octanol–water partition coefficient (Wildman–Crippen LogP) is 2.82. The maximum Gasteiger partial charge on any atom is 0.282 e. The quantitative estimate of drug-likeness (QED) is 0.687. The van der Waals surface area contributed by atoms with Crippen LogP contribution in [0.1, 0.15) is 30.9 Å². The van der Waals surface area contributed by atoms with Crippen LogP contribution in [-0.2, 0) is 4.74 Å². The van der Waals surface area contributed by atoms with Crippen LogP contribution in [0.25, 0.3) is 4.85 Å². The maximum atomic E-state index is 7.33. The number of nitrogens with zero attached hydrogens (tertiary/aromatic N) is 2. The molecule has 17 heavy (non-hydrogen) atoms. The lowest BCUT2D eigenvalue weighted by molar-refractivity contribution is -0.0146. The van der Waals surface area contributed by atoms with Gasteiger partial charge in [0.1, 0.15) is 6.23 Å². The van der Waals surface area contributed by atoms with Gasteiger partial charge in [-0.25, -0.2) is 6.57 Å². The van der Waals surface area contributed by atoms with Crippen molar-refractivity contribution in [1.29, 1.82) is 0 Å². The van der Waals surface area contributed by atoms with Gasteiger partial charge >= 0.3 is 0 Å². The number of ether oxygens (including phenoxy) is 1. The minimum atomic E-state index is 0.00135. The van der Waals surface area contributed by atoms with Crippen molar-refractivity contribution in [2.45, 2.75) is 37.7 Å². The van der Waals surface area contributed by atoms with Gasteiger partial charge in [-0.3, -0.25) is 4.85 Å². The van der Waals surface area contributed by atoms with Gasteiger partial charge in [0, 0.05) is 6.42 Å². The van der Waals surface area contributed by atoms with Crippen LogP contribution in [0.15, 0.2) is 30.3 Å². The highest BCUT2D eigenvalue weighted by molar-refractivity contribution is 5.21. The number of hydrogen-bond acceptors (Lipinski definition) is 2. The Bertz CT molecular complexity index is 426. The Morgan fingerprint density at radius 2 is 2.06 bits per heavy atom. The standard InChI is InChI=1S/C14H16N2O/c1-15-13-8-5-9-14-16(13)12(10-17-14)11-6-3-2-4-7-11/h2-4,6-7,12-14H,5,8-10H2/t12-,13-,14?/m1/s1. The predicted molar refractivity (Wildman–Crippen MR) is 65.0 cm³/mol. The van der Waals surface area contributed by atoms with E-state index in [0.29, 0.717) is 0 Å².